The van der Waals surface area contributed by atoms with Crippen molar-refractivity contribution in [3.63, 3.8) is 0 Å². The minimum Gasteiger partial charge on any atom is -0.478 e. The predicted octanol–water partition coefficient (Wildman–Crippen LogP) is 5.92. The fourth-order valence-corrected chi connectivity index (χ4v) is 5.14. The molecule has 0 bridgehead atoms. The second kappa shape index (κ2) is 9.43. The third kappa shape index (κ3) is 4.53. The summed E-state index contributed by atoms with van der Waals surface area (Å²) in [6.45, 7) is 0.555. The Kier molecular flexibility index (Phi) is 5.93. The molecule has 8 heteroatoms. The number of nitrogens with one attached hydrogen (secondary N) is 1. The molecule has 1 aliphatic carbocycles. The number of carbonyl (C=O) groups is 2. The molecule has 1 aliphatic rings. The van der Waals surface area contributed by atoms with Crippen LogP contribution in [0.3, 0.4) is 0 Å². The van der Waals surface area contributed by atoms with E-state index in [0.29, 0.717) is 17.1 Å². The van der Waals surface area contributed by atoms with E-state index in [1.807, 2.05) is 54.7 Å². The average Bonchev–Trinajstić information content (AvgIpc) is 3.60. The van der Waals surface area contributed by atoms with Gasteiger partial charge in [-0.25, -0.2) is 14.8 Å². The molecule has 188 valence electrons. The molecule has 0 saturated heterocycles. The van der Waals surface area contributed by atoms with E-state index in [1.165, 1.54) is 6.33 Å². The average molecular weight is 523 g/mol. The van der Waals surface area contributed by atoms with E-state index >= 15 is 0 Å². The largest absolute Gasteiger partial charge is 0.478 e. The molecule has 2 heterocycles. The van der Waals surface area contributed by atoms with Gasteiger partial charge in [0, 0.05) is 34.9 Å². The lowest BCUT2D eigenvalue weighted by molar-refractivity contribution is 0.0696. The molecule has 1 saturated carbocycles. The zero-order valence-corrected chi connectivity index (χ0v) is 21.0. The van der Waals surface area contributed by atoms with Crippen LogP contribution in [0.25, 0.3) is 22.2 Å². The number of carbonyl (C=O) groups excluding carboxylic acids is 1. The number of hydrogen-bond acceptors (Lipinski definition) is 4. The monoisotopic (exact) mass is 522 g/mol. The van der Waals surface area contributed by atoms with Gasteiger partial charge in [-0.05, 0) is 72.5 Å². The number of amides is 1. The number of rotatable bonds is 7. The minimum atomic E-state index is -0.977. The van der Waals surface area contributed by atoms with Crippen LogP contribution >= 0.6 is 11.6 Å². The molecular formula is C30H23ClN4O3. The van der Waals surface area contributed by atoms with Crippen molar-refractivity contribution < 1.29 is 14.7 Å². The first-order valence-electron chi connectivity index (χ1n) is 12.2. The number of hydrogen-bond donors (Lipinski definition) is 2. The van der Waals surface area contributed by atoms with Gasteiger partial charge in [0.05, 0.1) is 27.9 Å². The molecule has 0 atom stereocenters. The number of halogens is 1. The maximum absolute atomic E-state index is 13.9. The highest BCUT2D eigenvalue weighted by Crippen LogP contribution is 2.46. The highest BCUT2D eigenvalue weighted by Gasteiger charge is 2.46. The minimum absolute atomic E-state index is 0.197. The lowest BCUT2D eigenvalue weighted by Gasteiger charge is -2.20. The van der Waals surface area contributed by atoms with Gasteiger partial charge in [0.1, 0.15) is 6.33 Å². The Balaban J connectivity index is 1.41. The van der Waals surface area contributed by atoms with Gasteiger partial charge in [0.2, 0.25) is 0 Å². The molecule has 2 N–H and O–H groups in total. The smallest absolute Gasteiger partial charge is 0.335 e. The van der Waals surface area contributed by atoms with Crippen molar-refractivity contribution in [1.29, 1.82) is 0 Å². The first-order chi connectivity index (χ1) is 18.4. The molecule has 38 heavy (non-hydrogen) atoms. The molecule has 0 unspecified atom stereocenters. The summed E-state index contributed by atoms with van der Waals surface area (Å²) < 4.78 is 2.06. The van der Waals surface area contributed by atoms with Crippen LogP contribution in [0.4, 0.5) is 0 Å². The summed E-state index contributed by atoms with van der Waals surface area (Å²) in [5, 5.41) is 14.1. The number of nitrogens with zero attached hydrogens (tertiary/aromatic N) is 3. The molecule has 3 aromatic carbocycles. The summed E-state index contributed by atoms with van der Waals surface area (Å²) >= 11 is 6.22. The van der Waals surface area contributed by atoms with Gasteiger partial charge in [-0.15, -0.1) is 0 Å². The molecular weight excluding hydrogens is 500 g/mol. The van der Waals surface area contributed by atoms with E-state index in [9.17, 15) is 14.7 Å². The standard InChI is InChI=1S/C30H23ClN4O3/c31-24-3-1-2-19(14-24)17-35-13-9-21-15-22(26-8-12-32-18-33-26)16-25(27(21)35)28(36)34-30(10-11-30)23-6-4-20(5-7-23)29(37)38/h1-9,12-16,18H,10-11,17H2,(H,34,36)(H,37,38). The maximum atomic E-state index is 13.9. The Morgan fingerprint density at radius 2 is 1.84 bits per heavy atom. The summed E-state index contributed by atoms with van der Waals surface area (Å²) in [6, 6.07) is 22.1. The van der Waals surface area contributed by atoms with Gasteiger partial charge in [-0.1, -0.05) is 35.9 Å². The van der Waals surface area contributed by atoms with Crippen LogP contribution in [0, 0.1) is 0 Å². The number of aromatic carboxylic acids is 1. The lowest BCUT2D eigenvalue weighted by Crippen LogP contribution is -2.35. The van der Waals surface area contributed by atoms with E-state index in [0.717, 1.165) is 46.1 Å². The topological polar surface area (TPSA) is 97.1 Å². The quantitative estimate of drug-likeness (QED) is 0.276. The van der Waals surface area contributed by atoms with Crippen LogP contribution in [0.5, 0.6) is 0 Å². The number of carboxylic acids is 1. The first-order valence-corrected chi connectivity index (χ1v) is 12.6. The zero-order chi connectivity index (χ0) is 26.3. The van der Waals surface area contributed by atoms with Gasteiger partial charge in [0.15, 0.2) is 0 Å². The molecule has 1 amide bonds. The Morgan fingerprint density at radius 1 is 1.03 bits per heavy atom. The van der Waals surface area contributed by atoms with E-state index in [2.05, 4.69) is 19.9 Å². The van der Waals surface area contributed by atoms with Crippen molar-refractivity contribution >= 4 is 34.4 Å². The van der Waals surface area contributed by atoms with E-state index in [-0.39, 0.29) is 11.5 Å². The highest BCUT2D eigenvalue weighted by molar-refractivity contribution is 6.30. The summed E-state index contributed by atoms with van der Waals surface area (Å²) in [6.07, 6.45) is 6.70. The molecule has 5 aromatic rings. The van der Waals surface area contributed by atoms with Crippen LogP contribution in [0.2, 0.25) is 5.02 Å². The maximum Gasteiger partial charge on any atom is 0.335 e. The van der Waals surface area contributed by atoms with Crippen molar-refractivity contribution in [2.75, 3.05) is 0 Å². The highest BCUT2D eigenvalue weighted by atomic mass is 35.5. The van der Waals surface area contributed by atoms with Crippen molar-refractivity contribution in [3.8, 4) is 11.3 Å². The molecule has 2 aromatic heterocycles. The van der Waals surface area contributed by atoms with Gasteiger partial charge in [0.25, 0.3) is 5.91 Å². The van der Waals surface area contributed by atoms with Crippen molar-refractivity contribution in [3.05, 3.63) is 119 Å². The van der Waals surface area contributed by atoms with Gasteiger partial charge in [-0.2, -0.15) is 0 Å². The molecule has 0 radical (unpaired) electrons. The van der Waals surface area contributed by atoms with E-state index < -0.39 is 11.5 Å². The van der Waals surface area contributed by atoms with Crippen molar-refractivity contribution in [2.24, 2.45) is 0 Å². The predicted molar refractivity (Wildman–Crippen MR) is 145 cm³/mol. The number of carboxylic acid groups (broad SMARTS) is 1. The summed E-state index contributed by atoms with van der Waals surface area (Å²) in [4.78, 5) is 33.6. The second-order valence-electron chi connectivity index (χ2n) is 9.55. The summed E-state index contributed by atoms with van der Waals surface area (Å²) in [5.41, 5.74) is 4.52. The third-order valence-corrected chi connectivity index (χ3v) is 7.25. The van der Waals surface area contributed by atoms with Gasteiger partial charge in [-0.3, -0.25) is 4.79 Å². The first kappa shape index (κ1) is 23.9. The summed E-state index contributed by atoms with van der Waals surface area (Å²) in [7, 11) is 0. The number of benzene rings is 3. The molecule has 7 nitrogen and oxygen atoms in total. The third-order valence-electron chi connectivity index (χ3n) is 7.01. The fourth-order valence-electron chi connectivity index (χ4n) is 4.92. The Hall–Kier alpha value is -4.49. The van der Waals surface area contributed by atoms with Crippen LogP contribution in [-0.4, -0.2) is 31.5 Å². The van der Waals surface area contributed by atoms with Gasteiger partial charge >= 0.3 is 5.97 Å². The molecule has 6 rings (SSSR count). The number of fused-ring (bicyclic) bond motifs is 1. The fraction of sp³-hybridized carbons (Fsp3) is 0.133. The SMILES string of the molecule is O=C(O)c1ccc(C2(NC(=O)c3cc(-c4ccncn4)cc4ccn(Cc5cccc(Cl)c5)c34)CC2)cc1. The van der Waals surface area contributed by atoms with E-state index in [1.54, 1.807) is 30.5 Å². The van der Waals surface area contributed by atoms with Crippen molar-refractivity contribution in [1.82, 2.24) is 19.9 Å². The molecule has 0 spiro atoms. The zero-order valence-electron chi connectivity index (χ0n) is 20.3. The van der Waals surface area contributed by atoms with Crippen LogP contribution < -0.4 is 5.32 Å². The van der Waals surface area contributed by atoms with Crippen LogP contribution in [0.1, 0.15) is 44.7 Å². The van der Waals surface area contributed by atoms with Crippen LogP contribution in [-0.2, 0) is 12.1 Å². The Morgan fingerprint density at radius 3 is 2.53 bits per heavy atom. The van der Waals surface area contributed by atoms with Crippen LogP contribution in [0.15, 0.2) is 91.5 Å². The van der Waals surface area contributed by atoms with Crippen molar-refractivity contribution in [2.45, 2.75) is 24.9 Å². The van der Waals surface area contributed by atoms with E-state index in [4.69, 9.17) is 11.6 Å². The second-order valence-corrected chi connectivity index (χ2v) is 9.98. The number of aromatic nitrogens is 3. The Bertz CT molecular complexity index is 1680. The molecule has 0 aliphatic heterocycles. The normalized spacial score (nSPS) is 13.8. The van der Waals surface area contributed by atoms with Gasteiger partial charge < -0.3 is 15.0 Å². The molecule has 1 fully saturated rings. The Labute approximate surface area is 223 Å². The lowest BCUT2D eigenvalue weighted by atomic mass is 10.00. The summed E-state index contributed by atoms with van der Waals surface area (Å²) in [5.74, 6) is -1.17.